The molecule has 1 aromatic rings. The number of rotatable bonds is 13. The third-order valence-electron chi connectivity index (χ3n) is 4.31. The third-order valence-corrected chi connectivity index (χ3v) is 5.09. The van der Waals surface area contributed by atoms with Crippen molar-refractivity contribution in [1.82, 2.24) is 0 Å². The fourth-order valence-corrected chi connectivity index (χ4v) is 3.66. The summed E-state index contributed by atoms with van der Waals surface area (Å²) in [7, 11) is -4.29. The van der Waals surface area contributed by atoms with E-state index in [-0.39, 0.29) is 29.6 Å². The van der Waals surface area contributed by atoms with E-state index in [1.54, 1.807) is 0 Å². The fraction of sp³-hybridized carbons (Fsp3) is 0.700. The number of ether oxygens (including phenoxy) is 1. The van der Waals surface area contributed by atoms with Crippen molar-refractivity contribution in [2.24, 2.45) is 0 Å². The Kier molecular flexibility index (Phi) is 14.0. The van der Waals surface area contributed by atoms with Crippen LogP contribution in [0.5, 0.6) is 5.75 Å². The average molecular weight is 393 g/mol. The van der Waals surface area contributed by atoms with Gasteiger partial charge < -0.3 is 9.29 Å². The maximum absolute atomic E-state index is 11.0. The Morgan fingerprint density at radius 3 is 1.81 bits per heavy atom. The summed E-state index contributed by atoms with van der Waals surface area (Å²) in [6.07, 6.45) is 8.94. The van der Waals surface area contributed by atoms with Gasteiger partial charge in [0.25, 0.3) is 0 Å². The van der Waals surface area contributed by atoms with E-state index in [0.29, 0.717) is 12.2 Å². The summed E-state index contributed by atoms with van der Waals surface area (Å²) in [5, 5.41) is 0. The molecule has 4 nitrogen and oxygen atoms in total. The molecule has 26 heavy (non-hydrogen) atoms. The van der Waals surface area contributed by atoms with Crippen LogP contribution in [-0.4, -0.2) is 24.8 Å². The van der Waals surface area contributed by atoms with Crippen LogP contribution in [0.1, 0.15) is 76.8 Å². The first-order valence-electron chi connectivity index (χ1n) is 9.61. The van der Waals surface area contributed by atoms with E-state index < -0.39 is 22.0 Å². The number of hydrogen-bond acceptors (Lipinski definition) is 4. The molecular weight excluding hydrogens is 359 g/mol. The van der Waals surface area contributed by atoms with Gasteiger partial charge in [0.05, 0.1) is 15.9 Å². The maximum atomic E-state index is 11.0. The van der Waals surface area contributed by atoms with Crippen molar-refractivity contribution < 1.29 is 47.3 Å². The topological polar surface area (TPSA) is 66.4 Å². The Hall–Kier alpha value is -0.0700. The number of benzene rings is 1. The summed E-state index contributed by atoms with van der Waals surface area (Å²) in [4.78, 5) is 0. The monoisotopic (exact) mass is 392 g/mol. The number of hydrogen-bond donors (Lipinski definition) is 0. The van der Waals surface area contributed by atoms with Crippen molar-refractivity contribution in [2.45, 2.75) is 84.7 Å². The van der Waals surface area contributed by atoms with Gasteiger partial charge in [-0.05, 0) is 55.4 Å². The summed E-state index contributed by atoms with van der Waals surface area (Å²) >= 11 is 0. The van der Waals surface area contributed by atoms with Crippen LogP contribution in [0, 0.1) is 0 Å². The van der Waals surface area contributed by atoms with Crippen LogP contribution < -0.4 is 34.3 Å². The second-order valence-electron chi connectivity index (χ2n) is 6.77. The third kappa shape index (κ3) is 11.6. The van der Waals surface area contributed by atoms with Gasteiger partial charge in [-0.3, -0.25) is 0 Å². The van der Waals surface area contributed by atoms with E-state index in [9.17, 15) is 13.0 Å². The largest absolute Gasteiger partial charge is 1.00 e. The molecule has 1 atom stereocenters. The van der Waals surface area contributed by atoms with Crippen molar-refractivity contribution >= 4 is 10.1 Å². The Bertz CT molecular complexity index is 574. The van der Waals surface area contributed by atoms with Gasteiger partial charge in [0, 0.05) is 0 Å². The molecule has 0 aliphatic carbocycles. The van der Waals surface area contributed by atoms with Crippen LogP contribution in [0.4, 0.5) is 0 Å². The second kappa shape index (κ2) is 14.0. The normalized spacial score (nSPS) is 12.5. The minimum atomic E-state index is -4.29. The van der Waals surface area contributed by atoms with E-state index in [2.05, 4.69) is 19.9 Å². The molecule has 0 aliphatic rings. The van der Waals surface area contributed by atoms with E-state index >= 15 is 0 Å². The molecule has 1 unspecified atom stereocenters. The van der Waals surface area contributed by atoms with Gasteiger partial charge in [-0.1, -0.05) is 52.5 Å². The molecule has 0 N–H and O–H groups in total. The summed E-state index contributed by atoms with van der Waals surface area (Å²) in [6, 6.07) is 6.24. The van der Waals surface area contributed by atoms with Crippen molar-refractivity contribution in [2.75, 3.05) is 5.75 Å². The number of aryl methyl sites for hydroxylation is 2. The molecule has 1 rings (SSSR count). The molecule has 0 amide bonds. The van der Waals surface area contributed by atoms with Crippen LogP contribution in [0.25, 0.3) is 0 Å². The van der Waals surface area contributed by atoms with Gasteiger partial charge in [0.2, 0.25) is 0 Å². The molecule has 0 spiro atoms. The van der Waals surface area contributed by atoms with Gasteiger partial charge in [0.15, 0.2) is 0 Å². The molecule has 0 saturated carbocycles. The number of unbranched alkanes of at least 4 members (excludes halogenated alkanes) is 4. The second-order valence-corrected chi connectivity index (χ2v) is 8.22. The van der Waals surface area contributed by atoms with Crippen molar-refractivity contribution in [3.63, 3.8) is 0 Å². The quantitative estimate of drug-likeness (QED) is 0.292. The van der Waals surface area contributed by atoms with Crippen molar-refractivity contribution in [3.05, 3.63) is 29.3 Å². The Balaban J connectivity index is 0.00000625. The van der Waals surface area contributed by atoms with E-state index in [0.717, 1.165) is 25.7 Å². The van der Waals surface area contributed by atoms with Gasteiger partial charge in [0.1, 0.15) is 11.9 Å². The molecule has 144 valence electrons. The van der Waals surface area contributed by atoms with Crippen LogP contribution >= 0.6 is 0 Å². The van der Waals surface area contributed by atoms with Crippen molar-refractivity contribution in [1.29, 1.82) is 0 Å². The predicted molar refractivity (Wildman–Crippen MR) is 102 cm³/mol. The average Bonchev–Trinajstić information content (AvgIpc) is 2.53. The fourth-order valence-electron chi connectivity index (χ4n) is 2.90. The Morgan fingerprint density at radius 1 is 0.923 bits per heavy atom. The smallest absolute Gasteiger partial charge is 0.748 e. The SMILES string of the molecule is CCCCCc1cc(CCCCC)cc(OC(CC)CS(=O)(=O)[O-])c1.[Na+]. The van der Waals surface area contributed by atoms with E-state index in [1.807, 2.05) is 19.1 Å². The van der Waals surface area contributed by atoms with Gasteiger partial charge in [-0.25, -0.2) is 8.42 Å². The summed E-state index contributed by atoms with van der Waals surface area (Å²) in [6.45, 7) is 6.21. The minimum Gasteiger partial charge on any atom is -0.748 e. The standard InChI is InChI=1S/C20H34O4S.Na/c1-4-7-9-11-17-13-18(12-10-8-5-2)15-20(14-17)24-19(6-3)16-25(21,22)23;/h13-15,19H,4-12,16H2,1-3H3,(H,21,22,23);/q;+1/p-1. The Morgan fingerprint density at radius 2 is 1.42 bits per heavy atom. The molecule has 0 fully saturated rings. The van der Waals surface area contributed by atoms with Crippen LogP contribution in [0.3, 0.4) is 0 Å². The summed E-state index contributed by atoms with van der Waals surface area (Å²) < 4.78 is 39.0. The zero-order valence-electron chi connectivity index (χ0n) is 16.9. The molecule has 0 bridgehead atoms. The first-order valence-corrected chi connectivity index (χ1v) is 11.2. The molecule has 0 radical (unpaired) electrons. The predicted octanol–water partition coefficient (Wildman–Crippen LogP) is 1.86. The van der Waals surface area contributed by atoms with Crippen LogP contribution in [-0.2, 0) is 23.0 Å². The van der Waals surface area contributed by atoms with Gasteiger partial charge in [-0.15, -0.1) is 0 Å². The molecule has 6 heteroatoms. The van der Waals surface area contributed by atoms with Crippen molar-refractivity contribution in [3.8, 4) is 5.75 Å². The summed E-state index contributed by atoms with van der Waals surface area (Å²) in [5.74, 6) is 0.213. The van der Waals surface area contributed by atoms with Crippen LogP contribution in [0.2, 0.25) is 0 Å². The molecule has 1 aromatic carbocycles. The first kappa shape index (κ1) is 25.9. The summed E-state index contributed by atoms with van der Waals surface area (Å²) in [5.41, 5.74) is 2.47. The minimum absolute atomic E-state index is 0. The zero-order valence-corrected chi connectivity index (χ0v) is 19.7. The first-order chi connectivity index (χ1) is 11.9. The molecule has 0 aromatic heterocycles. The van der Waals surface area contributed by atoms with Crippen LogP contribution in [0.15, 0.2) is 18.2 Å². The molecular formula is C20H33NaO4S. The van der Waals surface area contributed by atoms with E-state index in [4.69, 9.17) is 4.74 Å². The Labute approximate surface area is 182 Å². The molecule has 0 heterocycles. The maximum Gasteiger partial charge on any atom is 1.00 e. The van der Waals surface area contributed by atoms with Gasteiger partial charge in [-0.2, -0.15) is 0 Å². The molecule has 0 saturated heterocycles. The van der Waals surface area contributed by atoms with E-state index in [1.165, 1.54) is 36.8 Å². The zero-order chi connectivity index (χ0) is 18.7. The van der Waals surface area contributed by atoms with Gasteiger partial charge >= 0.3 is 29.6 Å². The molecule has 0 aliphatic heterocycles.